The zero-order chi connectivity index (χ0) is 49.5. The van der Waals surface area contributed by atoms with Gasteiger partial charge in [-0.3, -0.25) is 29.3 Å². The first kappa shape index (κ1) is 47.1. The van der Waals surface area contributed by atoms with Crippen LogP contribution >= 0.6 is 0 Å². The van der Waals surface area contributed by atoms with E-state index in [4.69, 9.17) is 9.97 Å². The number of rotatable bonds is 10. The van der Waals surface area contributed by atoms with Gasteiger partial charge >= 0.3 is 0 Å². The number of nitrogens with one attached hydrogen (secondary N) is 2. The van der Waals surface area contributed by atoms with Crippen molar-refractivity contribution >= 4 is 57.9 Å². The number of carbonyl (C=O) groups is 5. The van der Waals surface area contributed by atoms with Gasteiger partial charge in [-0.2, -0.15) is 0 Å². The molecule has 4 aromatic rings. The van der Waals surface area contributed by atoms with Gasteiger partial charge in [0.2, 0.25) is 23.6 Å². The molecule has 2 N–H and O–H groups in total. The molecule has 8 aliphatic rings. The average Bonchev–Trinajstić information content (AvgIpc) is 4.05. The monoisotopic (exact) mass is 982 g/mol. The van der Waals surface area contributed by atoms with E-state index in [-0.39, 0.29) is 80.7 Å². The Morgan fingerprint density at radius 3 is 2.22 bits per heavy atom. The van der Waals surface area contributed by atoms with Crippen LogP contribution in [0, 0.1) is 5.92 Å². The predicted octanol–water partition coefficient (Wildman–Crippen LogP) is 6.64. The summed E-state index contributed by atoms with van der Waals surface area (Å²) in [5.74, 6) is 0.0868. The molecule has 1 unspecified atom stereocenters. The Kier molecular flexibility index (Phi) is 12.1. The molecule has 2 saturated carbocycles. The summed E-state index contributed by atoms with van der Waals surface area (Å²) >= 11 is 0. The largest absolute Gasteiger partial charge is 0.366 e. The molecule has 6 aliphatic heterocycles. The molecule has 9 heterocycles. The third-order valence-electron chi connectivity index (χ3n) is 17.8. The van der Waals surface area contributed by atoms with Gasteiger partial charge < -0.3 is 34.4 Å². The predicted molar refractivity (Wildman–Crippen MR) is 271 cm³/mol. The van der Waals surface area contributed by atoms with E-state index in [2.05, 4.69) is 73.0 Å². The average molecular weight is 982 g/mol. The maximum absolute atomic E-state index is 16.9. The first-order valence-electron chi connectivity index (χ1n) is 27.0. The number of fused-ring (bicyclic) bond motifs is 3. The quantitative estimate of drug-likeness (QED) is 0.164. The Morgan fingerprint density at radius 2 is 1.54 bits per heavy atom. The van der Waals surface area contributed by atoms with E-state index in [1.807, 2.05) is 18.5 Å². The number of aromatic nitrogens is 4. The highest BCUT2D eigenvalue weighted by molar-refractivity contribution is 6.09. The summed E-state index contributed by atoms with van der Waals surface area (Å²) in [6, 6.07) is 13.4. The number of imidazole rings is 1. The van der Waals surface area contributed by atoms with Crippen LogP contribution in [0.25, 0.3) is 22.3 Å². The fourth-order valence-corrected chi connectivity index (χ4v) is 13.2. The Hall–Kier alpha value is -5.97. The highest BCUT2D eigenvalue weighted by Crippen LogP contribution is 2.53. The van der Waals surface area contributed by atoms with Crippen LogP contribution in [-0.2, 0) is 29.4 Å². The van der Waals surface area contributed by atoms with Crippen LogP contribution in [0.2, 0.25) is 0 Å². The number of anilines is 3. The van der Waals surface area contributed by atoms with Crippen molar-refractivity contribution in [3.8, 4) is 11.3 Å². The molecule has 1 spiro atoms. The number of amides is 5. The van der Waals surface area contributed by atoms with E-state index in [0.29, 0.717) is 63.7 Å². The van der Waals surface area contributed by atoms with E-state index >= 15 is 9.18 Å². The van der Waals surface area contributed by atoms with Crippen LogP contribution in [0.4, 0.5) is 21.7 Å². The third kappa shape index (κ3) is 8.40. The van der Waals surface area contributed by atoms with Gasteiger partial charge in [-0.15, -0.1) is 0 Å². The van der Waals surface area contributed by atoms with Crippen molar-refractivity contribution in [2.45, 2.75) is 151 Å². The number of hydrogen-bond donors (Lipinski definition) is 2. The molecule has 12 rings (SSSR count). The topological polar surface area (TPSA) is 169 Å². The van der Waals surface area contributed by atoms with Crippen LogP contribution in [0.15, 0.2) is 48.9 Å². The molecule has 0 radical (unpaired) electrons. The minimum absolute atomic E-state index is 0.0126. The zero-order valence-electron chi connectivity index (χ0n) is 41.8. The minimum Gasteiger partial charge on any atom is -0.366 e. The van der Waals surface area contributed by atoms with Crippen LogP contribution in [0.1, 0.15) is 133 Å². The number of pyridine rings is 2. The number of benzene rings is 1. The molecule has 72 heavy (non-hydrogen) atoms. The molecule has 5 amide bonds. The second-order valence-electron chi connectivity index (χ2n) is 22.6. The molecule has 17 heteroatoms. The molecule has 2 aliphatic carbocycles. The van der Waals surface area contributed by atoms with Crippen molar-refractivity contribution in [2.75, 3.05) is 67.5 Å². The van der Waals surface area contributed by atoms with E-state index < -0.39 is 22.9 Å². The van der Waals surface area contributed by atoms with Crippen molar-refractivity contribution in [3.05, 3.63) is 60.0 Å². The van der Waals surface area contributed by atoms with Gasteiger partial charge in [0.15, 0.2) is 11.5 Å². The van der Waals surface area contributed by atoms with Crippen molar-refractivity contribution in [1.29, 1.82) is 0 Å². The zero-order valence-corrected chi connectivity index (χ0v) is 41.8. The van der Waals surface area contributed by atoms with Gasteiger partial charge in [0.25, 0.3) is 5.91 Å². The first-order chi connectivity index (χ1) is 34.9. The fraction of sp³-hybridized carbons (Fsp3) is 0.600. The number of carbonyl (C=O) groups excluding carboxylic acids is 5. The lowest BCUT2D eigenvalue weighted by Crippen LogP contribution is -2.59. The first-order valence-corrected chi connectivity index (χ1v) is 27.0. The molecular weight excluding hydrogens is 914 g/mol. The van der Waals surface area contributed by atoms with Gasteiger partial charge in [0.05, 0.1) is 28.9 Å². The second kappa shape index (κ2) is 18.5. The standard InChI is InChI=1S/C55H68FN11O5/c1-34(2)66-33-58-44-31-43(60-49(48(44)66)59-38-8-9-38)36-6-11-42-45(28-36)67(40-29-39(30-40)62-20-4-3-5-21-62)52(71)54(42)16-24-65(25-17-54)53(72)55(56)18-26-64(27-19-55)51(70)35-14-22-63(23-15-35)46-12-7-37(32-57-46)41-10-13-47(68)61-50(41)69/h6-7,11-12,28,31-35,38-41H,3-5,8-10,13-27,29-30H2,1-2H3,(H,59,60)(H,61,68,69)/t39-,40+,41?. The molecule has 0 bridgehead atoms. The summed E-state index contributed by atoms with van der Waals surface area (Å²) in [5, 5.41) is 6.09. The van der Waals surface area contributed by atoms with Gasteiger partial charge in [-0.1, -0.05) is 24.6 Å². The normalized spacial score (nSPS) is 25.8. The second-order valence-corrected chi connectivity index (χ2v) is 22.6. The van der Waals surface area contributed by atoms with Crippen molar-refractivity contribution in [2.24, 2.45) is 5.92 Å². The summed E-state index contributed by atoms with van der Waals surface area (Å²) in [6.45, 7) is 8.77. The highest BCUT2D eigenvalue weighted by atomic mass is 19.1. The number of piperidine rings is 5. The molecule has 1 aromatic carbocycles. The Labute approximate surface area is 420 Å². The van der Waals surface area contributed by atoms with Gasteiger partial charge in [0.1, 0.15) is 11.3 Å². The molecule has 7 fully saturated rings. The minimum atomic E-state index is -2.07. The number of hydrogen-bond acceptors (Lipinski definition) is 11. The number of alkyl halides is 1. The van der Waals surface area contributed by atoms with Crippen molar-refractivity contribution in [3.63, 3.8) is 0 Å². The van der Waals surface area contributed by atoms with E-state index in [9.17, 15) is 19.2 Å². The van der Waals surface area contributed by atoms with Crippen molar-refractivity contribution < 1.29 is 28.4 Å². The maximum atomic E-state index is 16.9. The van der Waals surface area contributed by atoms with Crippen LogP contribution < -0.4 is 20.4 Å². The highest BCUT2D eigenvalue weighted by Gasteiger charge is 2.57. The summed E-state index contributed by atoms with van der Waals surface area (Å²) in [4.78, 5) is 92.2. The van der Waals surface area contributed by atoms with Gasteiger partial charge in [-0.05, 0) is 127 Å². The van der Waals surface area contributed by atoms with Crippen LogP contribution in [-0.4, -0.2) is 140 Å². The lowest BCUT2D eigenvalue weighted by Gasteiger charge is -2.48. The Morgan fingerprint density at radius 1 is 0.806 bits per heavy atom. The summed E-state index contributed by atoms with van der Waals surface area (Å²) in [6.07, 6.45) is 14.2. The molecule has 1 atom stereocenters. The third-order valence-corrected chi connectivity index (χ3v) is 17.8. The van der Waals surface area contributed by atoms with E-state index in [0.717, 1.165) is 89.5 Å². The molecule has 3 aromatic heterocycles. The Balaban J connectivity index is 0.705. The van der Waals surface area contributed by atoms with Gasteiger partial charge in [0, 0.05) is 106 Å². The number of imide groups is 1. The van der Waals surface area contributed by atoms with E-state index in [1.54, 1.807) is 16.0 Å². The smallest absolute Gasteiger partial charge is 0.260 e. The molecular formula is C55H68FN11O5. The lowest BCUT2D eigenvalue weighted by molar-refractivity contribution is -0.153. The number of nitrogens with zero attached hydrogens (tertiary/aromatic N) is 9. The molecule has 16 nitrogen and oxygen atoms in total. The molecule has 380 valence electrons. The van der Waals surface area contributed by atoms with Gasteiger partial charge in [-0.25, -0.2) is 19.3 Å². The molecule has 5 saturated heterocycles. The van der Waals surface area contributed by atoms with Crippen molar-refractivity contribution in [1.82, 2.24) is 39.5 Å². The Bertz CT molecular complexity index is 2770. The van der Waals surface area contributed by atoms with Crippen LogP contribution in [0.5, 0.6) is 0 Å². The summed E-state index contributed by atoms with van der Waals surface area (Å²) < 4.78 is 19.1. The summed E-state index contributed by atoms with van der Waals surface area (Å²) in [5.41, 5.74) is 3.47. The maximum Gasteiger partial charge on any atom is 0.260 e. The lowest BCUT2D eigenvalue weighted by atomic mass is 9.73. The van der Waals surface area contributed by atoms with E-state index in [1.165, 1.54) is 19.3 Å². The fourth-order valence-electron chi connectivity index (χ4n) is 13.2. The number of likely N-dealkylation sites (tertiary alicyclic amines) is 3. The summed E-state index contributed by atoms with van der Waals surface area (Å²) in [7, 11) is 0. The number of halogens is 1. The van der Waals surface area contributed by atoms with Crippen LogP contribution in [0.3, 0.4) is 0 Å². The SMILES string of the molecule is CC(C)n1cnc2cc(-c3ccc4c(c3)N([C@H]3C[C@@H](N5CCCCC5)C3)C(=O)C43CCN(C(=O)C4(F)CCN(C(=O)C5CCN(c6ccc(C7CCC(=O)NC7=O)cn6)CC5)CC4)CC3)nc(NC3CC3)c21.